The van der Waals surface area contributed by atoms with Gasteiger partial charge in [-0.2, -0.15) is 0 Å². The van der Waals surface area contributed by atoms with Gasteiger partial charge in [0.15, 0.2) is 11.5 Å². The minimum absolute atomic E-state index is 0.0181. The summed E-state index contributed by atoms with van der Waals surface area (Å²) in [5.74, 6) is 1.42. The van der Waals surface area contributed by atoms with Crippen LogP contribution >= 0.6 is 0 Å². The number of methoxy groups -OCH3 is 2. The van der Waals surface area contributed by atoms with E-state index in [2.05, 4.69) is 52.8 Å². The Labute approximate surface area is 199 Å². The standard InChI is InChI=1S/C27H28N4O3/c1-33-25-14-22-12-13-30(16-23(22)15-26(25)34-2)27(32)18-31-17-24(28-29-31)21-10-8-20(9-11-21)19-6-4-3-5-7-19/h3-4,6,8-11,14-15,17H,5,7,12-13,16,18H2,1-2H3. The molecule has 34 heavy (non-hydrogen) atoms. The molecule has 0 N–H and O–H groups in total. The molecule has 1 aliphatic heterocycles. The summed E-state index contributed by atoms with van der Waals surface area (Å²) in [6, 6.07) is 12.3. The smallest absolute Gasteiger partial charge is 0.244 e. The highest BCUT2D eigenvalue weighted by Crippen LogP contribution is 2.33. The molecule has 1 aliphatic carbocycles. The van der Waals surface area contributed by atoms with Crippen molar-refractivity contribution in [3.63, 3.8) is 0 Å². The minimum Gasteiger partial charge on any atom is -0.493 e. The summed E-state index contributed by atoms with van der Waals surface area (Å²) in [5.41, 5.74) is 6.60. The van der Waals surface area contributed by atoms with Crippen LogP contribution in [0.1, 0.15) is 29.5 Å². The predicted octanol–water partition coefficient (Wildman–Crippen LogP) is 4.28. The lowest BCUT2D eigenvalue weighted by molar-refractivity contribution is -0.133. The predicted molar refractivity (Wildman–Crippen MR) is 130 cm³/mol. The molecule has 0 atom stereocenters. The van der Waals surface area contributed by atoms with Gasteiger partial charge in [-0.25, -0.2) is 4.68 Å². The van der Waals surface area contributed by atoms with E-state index < -0.39 is 0 Å². The normalized spacial score (nSPS) is 15.0. The van der Waals surface area contributed by atoms with Crippen LogP contribution in [0.5, 0.6) is 11.5 Å². The van der Waals surface area contributed by atoms with Gasteiger partial charge >= 0.3 is 0 Å². The molecule has 5 rings (SSSR count). The van der Waals surface area contributed by atoms with Crippen molar-refractivity contribution < 1.29 is 14.3 Å². The van der Waals surface area contributed by atoms with Gasteiger partial charge in [-0.15, -0.1) is 5.10 Å². The summed E-state index contributed by atoms with van der Waals surface area (Å²) in [6.07, 6.45) is 11.2. The fourth-order valence-electron chi connectivity index (χ4n) is 4.54. The summed E-state index contributed by atoms with van der Waals surface area (Å²) >= 11 is 0. The first-order valence-corrected chi connectivity index (χ1v) is 11.5. The zero-order chi connectivity index (χ0) is 23.5. The number of amides is 1. The van der Waals surface area contributed by atoms with E-state index in [4.69, 9.17) is 9.47 Å². The molecule has 0 saturated carbocycles. The SMILES string of the molecule is COc1cc2c(cc1OC)CN(C(=O)Cn1cc(-c3ccc(C4=CC=CCC4)cc3)nn1)CC2. The number of hydrogen-bond acceptors (Lipinski definition) is 5. The average Bonchev–Trinajstić information content (AvgIpc) is 3.36. The van der Waals surface area contributed by atoms with Gasteiger partial charge in [0.05, 0.1) is 20.4 Å². The van der Waals surface area contributed by atoms with Gasteiger partial charge in [0.1, 0.15) is 12.2 Å². The molecule has 0 radical (unpaired) electrons. The van der Waals surface area contributed by atoms with E-state index >= 15 is 0 Å². The van der Waals surface area contributed by atoms with Gasteiger partial charge in [0.25, 0.3) is 0 Å². The second-order valence-electron chi connectivity index (χ2n) is 8.58. The summed E-state index contributed by atoms with van der Waals surface area (Å²) in [5, 5.41) is 8.49. The van der Waals surface area contributed by atoms with E-state index in [1.807, 2.05) is 23.2 Å². The molecular formula is C27H28N4O3. The highest BCUT2D eigenvalue weighted by molar-refractivity contribution is 5.76. The molecule has 0 saturated heterocycles. The lowest BCUT2D eigenvalue weighted by Crippen LogP contribution is -2.38. The van der Waals surface area contributed by atoms with E-state index in [1.165, 1.54) is 16.7 Å². The Hall–Kier alpha value is -3.87. The van der Waals surface area contributed by atoms with Crippen molar-refractivity contribution in [1.29, 1.82) is 0 Å². The third-order valence-corrected chi connectivity index (χ3v) is 6.47. The highest BCUT2D eigenvalue weighted by atomic mass is 16.5. The summed E-state index contributed by atoms with van der Waals surface area (Å²) < 4.78 is 12.4. The van der Waals surface area contributed by atoms with Crippen molar-refractivity contribution in [1.82, 2.24) is 19.9 Å². The number of nitrogens with zero attached hydrogens (tertiary/aromatic N) is 4. The molecule has 0 fully saturated rings. The zero-order valence-electron chi connectivity index (χ0n) is 19.5. The molecular weight excluding hydrogens is 428 g/mol. The maximum absolute atomic E-state index is 13.0. The second-order valence-corrected chi connectivity index (χ2v) is 8.58. The Bertz CT molecular complexity index is 1260. The van der Waals surface area contributed by atoms with Crippen LogP contribution in [0.25, 0.3) is 16.8 Å². The molecule has 174 valence electrons. The molecule has 1 amide bonds. The minimum atomic E-state index is 0.0181. The fraction of sp³-hybridized carbons (Fsp3) is 0.296. The van der Waals surface area contributed by atoms with Crippen LogP contribution in [0.3, 0.4) is 0 Å². The van der Waals surface area contributed by atoms with E-state index in [9.17, 15) is 4.79 Å². The van der Waals surface area contributed by atoms with Gasteiger partial charge in [-0.3, -0.25) is 4.79 Å². The van der Waals surface area contributed by atoms with Crippen molar-refractivity contribution in [3.8, 4) is 22.8 Å². The number of hydrogen-bond donors (Lipinski definition) is 0. The summed E-state index contributed by atoms with van der Waals surface area (Å²) in [6.45, 7) is 1.37. The molecule has 0 spiro atoms. The first-order valence-electron chi connectivity index (χ1n) is 11.5. The van der Waals surface area contributed by atoms with E-state index in [0.717, 1.165) is 41.8 Å². The monoisotopic (exact) mass is 456 g/mol. The molecule has 2 aromatic carbocycles. The van der Waals surface area contributed by atoms with Gasteiger partial charge in [0.2, 0.25) is 5.91 Å². The summed E-state index contributed by atoms with van der Waals surface area (Å²) in [4.78, 5) is 14.8. The highest BCUT2D eigenvalue weighted by Gasteiger charge is 2.23. The lowest BCUT2D eigenvalue weighted by Gasteiger charge is -2.29. The Morgan fingerprint density at radius 1 is 1.00 bits per heavy atom. The summed E-state index contributed by atoms with van der Waals surface area (Å²) in [7, 11) is 3.26. The van der Waals surface area contributed by atoms with Crippen molar-refractivity contribution in [2.75, 3.05) is 20.8 Å². The van der Waals surface area contributed by atoms with Crippen LogP contribution < -0.4 is 9.47 Å². The van der Waals surface area contributed by atoms with Crippen LogP contribution in [0.2, 0.25) is 0 Å². The zero-order valence-corrected chi connectivity index (χ0v) is 19.5. The Morgan fingerprint density at radius 2 is 1.74 bits per heavy atom. The molecule has 1 aromatic heterocycles. The number of fused-ring (bicyclic) bond motifs is 1. The van der Waals surface area contributed by atoms with E-state index in [-0.39, 0.29) is 12.5 Å². The topological polar surface area (TPSA) is 69.5 Å². The van der Waals surface area contributed by atoms with Gasteiger partial charge in [0, 0.05) is 18.7 Å². The lowest BCUT2D eigenvalue weighted by atomic mass is 9.96. The van der Waals surface area contributed by atoms with Gasteiger partial charge in [-0.05, 0) is 53.7 Å². The van der Waals surface area contributed by atoms with Gasteiger partial charge in [-0.1, -0.05) is 47.7 Å². The van der Waals surface area contributed by atoms with Crippen molar-refractivity contribution in [3.05, 3.63) is 77.5 Å². The maximum atomic E-state index is 13.0. The van der Waals surface area contributed by atoms with Gasteiger partial charge < -0.3 is 14.4 Å². The molecule has 0 unspecified atom stereocenters. The maximum Gasteiger partial charge on any atom is 0.244 e. The van der Waals surface area contributed by atoms with E-state index in [0.29, 0.717) is 18.8 Å². The third kappa shape index (κ3) is 4.46. The molecule has 0 bridgehead atoms. The fourth-order valence-corrected chi connectivity index (χ4v) is 4.54. The second kappa shape index (κ2) is 9.55. The number of benzene rings is 2. The van der Waals surface area contributed by atoms with Crippen molar-refractivity contribution >= 4 is 11.5 Å². The molecule has 2 heterocycles. The molecule has 2 aliphatic rings. The first-order chi connectivity index (χ1) is 16.6. The average molecular weight is 457 g/mol. The van der Waals surface area contributed by atoms with Crippen LogP contribution in [0, 0.1) is 0 Å². The third-order valence-electron chi connectivity index (χ3n) is 6.47. The number of ether oxygens (including phenoxy) is 2. The quantitative estimate of drug-likeness (QED) is 0.554. The number of rotatable bonds is 6. The number of carbonyl (C=O) groups is 1. The number of aromatic nitrogens is 3. The number of allylic oxidation sites excluding steroid dienone is 4. The number of carbonyl (C=O) groups excluding carboxylic acids is 1. The Balaban J connectivity index is 1.25. The van der Waals surface area contributed by atoms with E-state index in [1.54, 1.807) is 18.9 Å². The van der Waals surface area contributed by atoms with Crippen molar-refractivity contribution in [2.45, 2.75) is 32.4 Å². The Kier molecular flexibility index (Phi) is 6.16. The molecule has 7 nitrogen and oxygen atoms in total. The molecule has 7 heteroatoms. The van der Waals surface area contributed by atoms with Crippen LogP contribution in [-0.4, -0.2) is 46.6 Å². The van der Waals surface area contributed by atoms with Crippen molar-refractivity contribution in [2.24, 2.45) is 0 Å². The van der Waals surface area contributed by atoms with Crippen LogP contribution in [0.15, 0.2) is 60.8 Å². The molecule has 3 aromatic rings. The van der Waals surface area contributed by atoms with Crippen LogP contribution in [0.4, 0.5) is 0 Å². The van der Waals surface area contributed by atoms with Crippen LogP contribution in [-0.2, 0) is 24.3 Å². The Morgan fingerprint density at radius 3 is 2.44 bits per heavy atom. The first kappa shape index (κ1) is 21.9. The largest absolute Gasteiger partial charge is 0.493 e.